The van der Waals surface area contributed by atoms with Crippen molar-refractivity contribution in [3.05, 3.63) is 59.4 Å². The van der Waals surface area contributed by atoms with E-state index in [0.717, 1.165) is 35.7 Å². The van der Waals surface area contributed by atoms with Gasteiger partial charge >= 0.3 is 0 Å². The third kappa shape index (κ3) is 3.86. The standard InChI is InChI=1S/C19H20FNO3/c1-21(12-15-6-8-18-19(11-15)24-13-23-18)9-3-4-14-5-7-17(22-2)16(20)10-14/h3-8,10-11H,9,12-13H2,1-2H3/b4-3+. The van der Waals surface area contributed by atoms with Gasteiger partial charge in [-0.05, 0) is 42.4 Å². The predicted molar refractivity (Wildman–Crippen MR) is 90.9 cm³/mol. The average Bonchev–Trinajstić information content (AvgIpc) is 3.02. The second-order valence-electron chi connectivity index (χ2n) is 5.68. The van der Waals surface area contributed by atoms with Gasteiger partial charge < -0.3 is 14.2 Å². The zero-order valence-electron chi connectivity index (χ0n) is 13.8. The van der Waals surface area contributed by atoms with Crippen molar-refractivity contribution in [1.29, 1.82) is 0 Å². The third-order valence-corrected chi connectivity index (χ3v) is 3.79. The van der Waals surface area contributed by atoms with Crippen molar-refractivity contribution in [2.75, 3.05) is 27.5 Å². The molecule has 3 rings (SSSR count). The molecule has 1 aliphatic rings. The lowest BCUT2D eigenvalue weighted by atomic mass is 10.2. The molecule has 0 saturated carbocycles. The molecule has 1 aliphatic heterocycles. The summed E-state index contributed by atoms with van der Waals surface area (Å²) < 4.78 is 29.3. The minimum atomic E-state index is -0.353. The average molecular weight is 329 g/mol. The van der Waals surface area contributed by atoms with Crippen LogP contribution in [0.5, 0.6) is 17.2 Å². The molecule has 126 valence electrons. The van der Waals surface area contributed by atoms with E-state index < -0.39 is 0 Å². The zero-order chi connectivity index (χ0) is 16.9. The molecule has 0 spiro atoms. The highest BCUT2D eigenvalue weighted by Gasteiger charge is 2.13. The van der Waals surface area contributed by atoms with Crippen molar-refractivity contribution in [3.8, 4) is 17.2 Å². The highest BCUT2D eigenvalue weighted by molar-refractivity contribution is 5.51. The number of fused-ring (bicyclic) bond motifs is 1. The molecule has 0 unspecified atom stereocenters. The number of benzene rings is 2. The monoisotopic (exact) mass is 329 g/mol. The van der Waals surface area contributed by atoms with Gasteiger partial charge in [0.2, 0.25) is 6.79 Å². The molecule has 1 heterocycles. The van der Waals surface area contributed by atoms with Crippen LogP contribution in [0.3, 0.4) is 0 Å². The van der Waals surface area contributed by atoms with Crippen LogP contribution in [0.2, 0.25) is 0 Å². The summed E-state index contributed by atoms with van der Waals surface area (Å²) in [5, 5.41) is 0. The molecule has 0 saturated heterocycles. The van der Waals surface area contributed by atoms with E-state index in [1.807, 2.05) is 43.5 Å². The fraction of sp³-hybridized carbons (Fsp3) is 0.263. The number of nitrogens with zero attached hydrogens (tertiary/aromatic N) is 1. The van der Waals surface area contributed by atoms with E-state index in [9.17, 15) is 4.39 Å². The van der Waals surface area contributed by atoms with Crippen LogP contribution in [0.25, 0.3) is 6.08 Å². The summed E-state index contributed by atoms with van der Waals surface area (Å²) in [4.78, 5) is 2.16. The van der Waals surface area contributed by atoms with Crippen molar-refractivity contribution in [3.63, 3.8) is 0 Å². The molecule has 0 bridgehead atoms. The number of hydrogen-bond acceptors (Lipinski definition) is 4. The normalized spacial score (nSPS) is 13.0. The van der Waals surface area contributed by atoms with Gasteiger partial charge in [0.25, 0.3) is 0 Å². The minimum Gasteiger partial charge on any atom is -0.494 e. The number of hydrogen-bond donors (Lipinski definition) is 0. The van der Waals surface area contributed by atoms with Gasteiger partial charge in [-0.1, -0.05) is 24.3 Å². The Kier molecular flexibility index (Phi) is 5.01. The Morgan fingerprint density at radius 1 is 1.17 bits per heavy atom. The minimum absolute atomic E-state index is 0.257. The Morgan fingerprint density at radius 3 is 2.79 bits per heavy atom. The van der Waals surface area contributed by atoms with E-state index in [-0.39, 0.29) is 18.4 Å². The fourth-order valence-corrected chi connectivity index (χ4v) is 2.57. The van der Waals surface area contributed by atoms with Gasteiger partial charge in [-0.25, -0.2) is 4.39 Å². The van der Waals surface area contributed by atoms with Crippen molar-refractivity contribution < 1.29 is 18.6 Å². The summed E-state index contributed by atoms with van der Waals surface area (Å²) in [6.45, 7) is 1.83. The largest absolute Gasteiger partial charge is 0.494 e. The molecule has 2 aromatic carbocycles. The summed E-state index contributed by atoms with van der Waals surface area (Å²) in [5.41, 5.74) is 1.97. The first-order valence-corrected chi connectivity index (χ1v) is 7.73. The highest BCUT2D eigenvalue weighted by atomic mass is 19.1. The number of likely N-dealkylation sites (N-methyl/N-ethyl adjacent to an activating group) is 1. The van der Waals surface area contributed by atoms with E-state index in [2.05, 4.69) is 4.90 Å². The molecule has 24 heavy (non-hydrogen) atoms. The smallest absolute Gasteiger partial charge is 0.231 e. The molecule has 0 atom stereocenters. The van der Waals surface area contributed by atoms with Gasteiger partial charge in [-0.2, -0.15) is 0 Å². The van der Waals surface area contributed by atoms with Crippen molar-refractivity contribution in [1.82, 2.24) is 4.90 Å². The molecule has 0 N–H and O–H groups in total. The van der Waals surface area contributed by atoms with Gasteiger partial charge in [-0.15, -0.1) is 0 Å². The maximum absolute atomic E-state index is 13.6. The van der Waals surface area contributed by atoms with Crippen LogP contribution in [0.1, 0.15) is 11.1 Å². The Hall–Kier alpha value is -2.53. The summed E-state index contributed by atoms with van der Waals surface area (Å²) in [6.07, 6.45) is 3.91. The molecule has 0 aliphatic carbocycles. The Balaban J connectivity index is 1.55. The summed E-state index contributed by atoms with van der Waals surface area (Å²) in [6, 6.07) is 10.9. The molecular weight excluding hydrogens is 309 g/mol. The quantitative estimate of drug-likeness (QED) is 0.808. The molecule has 5 heteroatoms. The van der Waals surface area contributed by atoms with Crippen LogP contribution in [0.4, 0.5) is 4.39 Å². The first kappa shape index (κ1) is 16.3. The van der Waals surface area contributed by atoms with Crippen molar-refractivity contribution in [2.45, 2.75) is 6.54 Å². The second kappa shape index (κ2) is 7.36. The van der Waals surface area contributed by atoms with Gasteiger partial charge in [0.1, 0.15) is 0 Å². The lowest BCUT2D eigenvalue weighted by Gasteiger charge is -2.14. The zero-order valence-corrected chi connectivity index (χ0v) is 13.8. The van der Waals surface area contributed by atoms with Crippen LogP contribution in [-0.4, -0.2) is 32.4 Å². The maximum atomic E-state index is 13.6. The lowest BCUT2D eigenvalue weighted by Crippen LogP contribution is -2.17. The molecular formula is C19H20FNO3. The van der Waals surface area contributed by atoms with Crippen LogP contribution in [0, 0.1) is 5.82 Å². The number of ether oxygens (including phenoxy) is 3. The van der Waals surface area contributed by atoms with E-state index >= 15 is 0 Å². The first-order chi connectivity index (χ1) is 11.7. The van der Waals surface area contributed by atoms with Gasteiger partial charge in [0, 0.05) is 13.1 Å². The van der Waals surface area contributed by atoms with Crippen molar-refractivity contribution in [2.24, 2.45) is 0 Å². The van der Waals surface area contributed by atoms with Crippen LogP contribution in [-0.2, 0) is 6.54 Å². The maximum Gasteiger partial charge on any atom is 0.231 e. The first-order valence-electron chi connectivity index (χ1n) is 7.73. The van der Waals surface area contributed by atoms with E-state index in [4.69, 9.17) is 14.2 Å². The van der Waals surface area contributed by atoms with Crippen molar-refractivity contribution >= 4 is 6.08 Å². The third-order valence-electron chi connectivity index (χ3n) is 3.79. The Labute approximate surface area is 141 Å². The number of halogens is 1. The van der Waals surface area contributed by atoms with Gasteiger partial charge in [-0.3, -0.25) is 4.90 Å². The lowest BCUT2D eigenvalue weighted by molar-refractivity contribution is 0.174. The Bertz CT molecular complexity index is 745. The topological polar surface area (TPSA) is 30.9 Å². The predicted octanol–water partition coefficient (Wildman–Crippen LogP) is 3.71. The van der Waals surface area contributed by atoms with Crippen LogP contribution >= 0.6 is 0 Å². The Morgan fingerprint density at radius 2 is 2.00 bits per heavy atom. The fourth-order valence-electron chi connectivity index (χ4n) is 2.57. The van der Waals surface area contributed by atoms with Gasteiger partial charge in [0.05, 0.1) is 7.11 Å². The highest BCUT2D eigenvalue weighted by Crippen LogP contribution is 2.32. The molecule has 0 amide bonds. The van der Waals surface area contributed by atoms with E-state index in [0.29, 0.717) is 0 Å². The molecule has 0 aromatic heterocycles. The van der Waals surface area contributed by atoms with E-state index in [1.165, 1.54) is 13.2 Å². The van der Waals surface area contributed by atoms with Crippen LogP contribution < -0.4 is 14.2 Å². The number of methoxy groups -OCH3 is 1. The summed E-state index contributed by atoms with van der Waals surface area (Å²) in [7, 11) is 3.49. The molecule has 0 radical (unpaired) electrons. The summed E-state index contributed by atoms with van der Waals surface area (Å²) in [5.74, 6) is 1.49. The second-order valence-corrected chi connectivity index (χ2v) is 5.68. The van der Waals surface area contributed by atoms with Crippen LogP contribution in [0.15, 0.2) is 42.5 Å². The summed E-state index contributed by atoms with van der Waals surface area (Å²) >= 11 is 0. The molecule has 0 fully saturated rings. The van der Waals surface area contributed by atoms with E-state index in [1.54, 1.807) is 6.07 Å². The van der Waals surface area contributed by atoms with Gasteiger partial charge in [0.15, 0.2) is 23.1 Å². The molecule has 4 nitrogen and oxygen atoms in total. The number of rotatable bonds is 6. The SMILES string of the molecule is COc1ccc(/C=C/CN(C)Cc2ccc3c(c2)OCO3)cc1F. The molecule has 2 aromatic rings.